The Morgan fingerprint density at radius 3 is 2.32 bits per heavy atom. The molecule has 2 amide bonds. The zero-order chi connectivity index (χ0) is 23.3. The summed E-state index contributed by atoms with van der Waals surface area (Å²) in [6.45, 7) is 5.14. The van der Waals surface area contributed by atoms with Crippen LogP contribution in [0.15, 0.2) is 66.7 Å². The van der Waals surface area contributed by atoms with Gasteiger partial charge in [0, 0.05) is 31.9 Å². The van der Waals surface area contributed by atoms with E-state index in [0.717, 1.165) is 64.1 Å². The molecule has 0 aliphatic carbocycles. The van der Waals surface area contributed by atoms with E-state index in [0.29, 0.717) is 12.5 Å². The van der Waals surface area contributed by atoms with Crippen LogP contribution in [0.4, 0.5) is 14.9 Å². The fraction of sp³-hybridized carbons (Fsp3) is 0.414. The molecule has 2 heterocycles. The third-order valence-corrected chi connectivity index (χ3v) is 7.49. The number of piperidine rings is 2. The van der Waals surface area contributed by atoms with Gasteiger partial charge in [-0.3, -0.25) is 4.90 Å². The first-order chi connectivity index (χ1) is 16.7. The maximum atomic E-state index is 13.5. The van der Waals surface area contributed by atoms with Crippen LogP contribution >= 0.6 is 0 Å². The van der Waals surface area contributed by atoms with E-state index in [1.54, 1.807) is 12.1 Å². The maximum Gasteiger partial charge on any atom is 0.324 e. The molecule has 2 saturated heterocycles. The van der Waals surface area contributed by atoms with E-state index < -0.39 is 0 Å². The van der Waals surface area contributed by atoms with Gasteiger partial charge in [-0.2, -0.15) is 0 Å². The first-order valence-electron chi connectivity index (χ1n) is 12.7. The number of rotatable bonds is 5. The number of likely N-dealkylation sites (tertiary alicyclic amines) is 2. The number of nitrogens with zero attached hydrogens (tertiary/aromatic N) is 3. The number of carbonyl (C=O) groups excluding carboxylic acids is 1. The molecule has 0 spiro atoms. The first kappa shape index (κ1) is 22.9. The molecule has 5 rings (SSSR count). The summed E-state index contributed by atoms with van der Waals surface area (Å²) in [7, 11) is 0. The van der Waals surface area contributed by atoms with Gasteiger partial charge in [0.05, 0.1) is 0 Å². The Labute approximate surface area is 202 Å². The zero-order valence-corrected chi connectivity index (χ0v) is 19.8. The maximum absolute atomic E-state index is 13.5. The Hall–Kier alpha value is -2.92. The molecule has 0 saturated carbocycles. The van der Waals surface area contributed by atoms with Crippen molar-refractivity contribution in [3.8, 4) is 0 Å². The van der Waals surface area contributed by atoms with E-state index >= 15 is 0 Å². The molecule has 2 aliphatic heterocycles. The molecule has 2 fully saturated rings. The lowest BCUT2D eigenvalue weighted by molar-refractivity contribution is 0.187. The minimum atomic E-state index is -0.273. The number of benzene rings is 3. The molecule has 4 nitrogen and oxygen atoms in total. The number of fused-ring (bicyclic) bond motifs is 1. The lowest BCUT2D eigenvalue weighted by atomic mass is 9.86. The van der Waals surface area contributed by atoms with Gasteiger partial charge in [-0.05, 0) is 91.7 Å². The van der Waals surface area contributed by atoms with Gasteiger partial charge in [-0.25, -0.2) is 9.18 Å². The van der Waals surface area contributed by atoms with Crippen molar-refractivity contribution in [1.29, 1.82) is 0 Å². The monoisotopic (exact) mass is 459 g/mol. The van der Waals surface area contributed by atoms with Gasteiger partial charge in [0.15, 0.2) is 0 Å². The molecular formula is C29H34FN3O. The Balaban J connectivity index is 1.23. The Bertz CT molecular complexity index is 1100. The molecule has 2 aliphatic rings. The molecular weight excluding hydrogens is 425 g/mol. The van der Waals surface area contributed by atoms with Crippen LogP contribution in [-0.4, -0.2) is 55.1 Å². The van der Waals surface area contributed by atoms with Crippen molar-refractivity contribution in [1.82, 2.24) is 9.80 Å². The topological polar surface area (TPSA) is 26.8 Å². The lowest BCUT2D eigenvalue weighted by Crippen LogP contribution is -2.48. The fourth-order valence-electron chi connectivity index (χ4n) is 5.53. The number of carbonyl (C=O) groups is 1. The second-order valence-electron chi connectivity index (χ2n) is 9.64. The Morgan fingerprint density at radius 1 is 0.853 bits per heavy atom. The average Bonchev–Trinajstić information content (AvgIpc) is 2.90. The molecule has 178 valence electrons. The van der Waals surface area contributed by atoms with Crippen molar-refractivity contribution >= 4 is 22.5 Å². The van der Waals surface area contributed by atoms with E-state index in [2.05, 4.69) is 47.4 Å². The molecule has 0 aromatic heterocycles. The van der Waals surface area contributed by atoms with Crippen molar-refractivity contribution < 1.29 is 9.18 Å². The largest absolute Gasteiger partial charge is 0.324 e. The van der Waals surface area contributed by atoms with Crippen LogP contribution in [-0.2, 0) is 0 Å². The van der Waals surface area contributed by atoms with Crippen LogP contribution in [0.25, 0.3) is 10.8 Å². The van der Waals surface area contributed by atoms with E-state index in [4.69, 9.17) is 0 Å². The number of amides is 2. The first-order valence-corrected chi connectivity index (χ1v) is 12.7. The summed E-state index contributed by atoms with van der Waals surface area (Å²) < 4.78 is 13.5. The highest BCUT2D eigenvalue weighted by molar-refractivity contribution is 5.92. The minimum Gasteiger partial charge on any atom is -0.324 e. The summed E-state index contributed by atoms with van der Waals surface area (Å²) in [6.07, 6.45) is 5.57. The van der Waals surface area contributed by atoms with Gasteiger partial charge in [0.25, 0.3) is 0 Å². The van der Waals surface area contributed by atoms with Crippen molar-refractivity contribution in [3.05, 3.63) is 78.1 Å². The van der Waals surface area contributed by atoms with E-state index in [1.807, 2.05) is 9.80 Å². The fourth-order valence-corrected chi connectivity index (χ4v) is 5.53. The molecule has 0 bridgehead atoms. The van der Waals surface area contributed by atoms with Crippen molar-refractivity contribution in [3.63, 3.8) is 0 Å². The highest BCUT2D eigenvalue weighted by Gasteiger charge is 2.26. The van der Waals surface area contributed by atoms with Crippen LogP contribution in [0.5, 0.6) is 0 Å². The Kier molecular flexibility index (Phi) is 7.10. The van der Waals surface area contributed by atoms with E-state index in [-0.39, 0.29) is 11.8 Å². The summed E-state index contributed by atoms with van der Waals surface area (Å²) in [5, 5.41) is 2.69. The van der Waals surface area contributed by atoms with Crippen molar-refractivity contribution in [2.24, 2.45) is 0 Å². The van der Waals surface area contributed by atoms with Gasteiger partial charge in [0.1, 0.15) is 5.82 Å². The van der Waals surface area contributed by atoms with Gasteiger partial charge >= 0.3 is 6.03 Å². The normalized spacial score (nSPS) is 17.7. The van der Waals surface area contributed by atoms with Gasteiger partial charge in [-0.15, -0.1) is 0 Å². The van der Waals surface area contributed by atoms with E-state index in [9.17, 15) is 9.18 Å². The number of hydrogen-bond acceptors (Lipinski definition) is 2. The molecule has 0 radical (unpaired) electrons. The van der Waals surface area contributed by atoms with Gasteiger partial charge in [0.2, 0.25) is 0 Å². The van der Waals surface area contributed by atoms with Crippen LogP contribution in [0, 0.1) is 5.82 Å². The number of urea groups is 1. The molecule has 3 aromatic rings. The summed E-state index contributed by atoms with van der Waals surface area (Å²) in [5.41, 5.74) is 2.24. The zero-order valence-electron chi connectivity index (χ0n) is 19.8. The second kappa shape index (κ2) is 10.6. The van der Waals surface area contributed by atoms with Crippen LogP contribution in [0.2, 0.25) is 0 Å². The minimum absolute atomic E-state index is 0.0527. The molecule has 0 atom stereocenters. The molecule has 5 heteroatoms. The quantitative estimate of drug-likeness (QED) is 0.450. The predicted molar refractivity (Wildman–Crippen MR) is 137 cm³/mol. The van der Waals surface area contributed by atoms with Crippen molar-refractivity contribution in [2.45, 2.75) is 38.0 Å². The summed E-state index contributed by atoms with van der Waals surface area (Å²) in [5.74, 6) is 0.301. The van der Waals surface area contributed by atoms with E-state index in [1.165, 1.54) is 34.9 Å². The lowest BCUT2D eigenvalue weighted by Gasteiger charge is -2.36. The highest BCUT2D eigenvalue weighted by Crippen LogP contribution is 2.33. The third-order valence-electron chi connectivity index (χ3n) is 7.49. The van der Waals surface area contributed by atoms with Gasteiger partial charge < -0.3 is 9.80 Å². The molecule has 3 aromatic carbocycles. The highest BCUT2D eigenvalue weighted by atomic mass is 19.1. The Morgan fingerprint density at radius 2 is 1.56 bits per heavy atom. The van der Waals surface area contributed by atoms with Crippen LogP contribution < -0.4 is 4.90 Å². The molecule has 0 unspecified atom stereocenters. The van der Waals surface area contributed by atoms with Crippen LogP contribution in [0.1, 0.15) is 43.6 Å². The van der Waals surface area contributed by atoms with Gasteiger partial charge in [-0.1, -0.05) is 42.5 Å². The number of hydrogen-bond donors (Lipinski definition) is 0. The van der Waals surface area contributed by atoms with Crippen LogP contribution in [0.3, 0.4) is 0 Å². The average molecular weight is 460 g/mol. The number of anilines is 1. The molecule has 0 N–H and O–H groups in total. The molecule has 34 heavy (non-hydrogen) atoms. The third kappa shape index (κ3) is 5.10. The van der Waals surface area contributed by atoms with Crippen molar-refractivity contribution in [2.75, 3.05) is 44.2 Å². The number of halogens is 1. The standard InChI is InChI=1S/C29H34FN3O/c30-25-11-13-26(14-12-25)33(29(34)32-17-4-1-5-18-32)22-21-31-19-15-24(16-20-31)28-10-6-8-23-7-2-3-9-27(23)28/h2-3,6-14,24H,1,4-5,15-22H2. The summed E-state index contributed by atoms with van der Waals surface area (Å²) in [4.78, 5) is 19.6. The summed E-state index contributed by atoms with van der Waals surface area (Å²) in [6, 6.07) is 21.7. The second-order valence-corrected chi connectivity index (χ2v) is 9.64. The predicted octanol–water partition coefficient (Wildman–Crippen LogP) is 6.27. The summed E-state index contributed by atoms with van der Waals surface area (Å²) >= 11 is 0. The smallest absolute Gasteiger partial charge is 0.324 e. The SMILES string of the molecule is O=C(N1CCCCC1)N(CCN1CCC(c2cccc3ccccc23)CC1)c1ccc(F)cc1.